The van der Waals surface area contributed by atoms with Crippen molar-refractivity contribution in [2.75, 3.05) is 25.6 Å². The molecule has 7 nitrogen and oxygen atoms in total. The minimum atomic E-state index is -0.931. The summed E-state index contributed by atoms with van der Waals surface area (Å²) in [5.74, 6) is 0.395. The van der Waals surface area contributed by atoms with E-state index < -0.39 is 12.1 Å². The number of methoxy groups -OCH3 is 1. The number of carbonyl (C=O) groups is 2. The molecule has 2 heterocycles. The SMILES string of the molecule is COc1ccc(CN2C(=O)COC[C@@H]2[C@H](O)c2ccc(NC(=O)c3cccs3)cc2)cc1. The molecule has 0 unspecified atom stereocenters. The number of benzene rings is 2. The highest BCUT2D eigenvalue weighted by atomic mass is 32.1. The average Bonchev–Trinajstić information content (AvgIpc) is 3.36. The van der Waals surface area contributed by atoms with Crippen molar-refractivity contribution in [1.29, 1.82) is 0 Å². The summed E-state index contributed by atoms with van der Waals surface area (Å²) in [6, 6.07) is 17.5. The number of rotatable bonds is 7. The molecule has 1 aromatic heterocycles. The van der Waals surface area contributed by atoms with E-state index in [9.17, 15) is 14.7 Å². The molecule has 0 aliphatic carbocycles. The van der Waals surface area contributed by atoms with Crippen molar-refractivity contribution in [2.24, 2.45) is 0 Å². The van der Waals surface area contributed by atoms with Gasteiger partial charge in [-0.15, -0.1) is 11.3 Å². The summed E-state index contributed by atoms with van der Waals surface area (Å²) in [6.45, 7) is 0.593. The maximum absolute atomic E-state index is 12.6. The molecule has 1 aliphatic heterocycles. The first-order valence-corrected chi connectivity index (χ1v) is 11.1. The van der Waals surface area contributed by atoms with Gasteiger partial charge in [-0.1, -0.05) is 30.3 Å². The van der Waals surface area contributed by atoms with Crippen molar-refractivity contribution in [2.45, 2.75) is 18.7 Å². The lowest BCUT2D eigenvalue weighted by Gasteiger charge is -2.38. The van der Waals surface area contributed by atoms with Crippen LogP contribution in [0, 0.1) is 0 Å². The number of nitrogens with one attached hydrogen (secondary N) is 1. The normalized spacial score (nSPS) is 17.1. The molecule has 4 rings (SSSR count). The van der Waals surface area contributed by atoms with E-state index in [1.54, 1.807) is 42.3 Å². The Kier molecular flexibility index (Phi) is 6.84. The molecule has 2 atom stereocenters. The number of nitrogens with zero attached hydrogens (tertiary/aromatic N) is 1. The minimum absolute atomic E-state index is 0.00688. The highest BCUT2D eigenvalue weighted by Gasteiger charge is 2.34. The van der Waals surface area contributed by atoms with Gasteiger partial charge < -0.3 is 24.8 Å². The second kappa shape index (κ2) is 9.95. The Morgan fingerprint density at radius 2 is 1.97 bits per heavy atom. The highest BCUT2D eigenvalue weighted by Crippen LogP contribution is 2.27. The monoisotopic (exact) mass is 452 g/mol. The Hall–Kier alpha value is -3.20. The largest absolute Gasteiger partial charge is 0.497 e. The van der Waals surface area contributed by atoms with E-state index in [4.69, 9.17) is 9.47 Å². The van der Waals surface area contributed by atoms with Crippen molar-refractivity contribution < 1.29 is 24.2 Å². The van der Waals surface area contributed by atoms with Crippen LogP contribution < -0.4 is 10.1 Å². The number of thiophene rings is 1. The fraction of sp³-hybridized carbons (Fsp3) is 0.250. The third kappa shape index (κ3) is 4.99. The van der Waals surface area contributed by atoms with Gasteiger partial charge >= 0.3 is 0 Å². The number of anilines is 1. The molecule has 32 heavy (non-hydrogen) atoms. The number of morpholine rings is 1. The van der Waals surface area contributed by atoms with Gasteiger partial charge in [0.25, 0.3) is 5.91 Å². The number of hydrogen-bond donors (Lipinski definition) is 2. The number of hydrogen-bond acceptors (Lipinski definition) is 6. The molecule has 166 valence electrons. The topological polar surface area (TPSA) is 88.1 Å². The minimum Gasteiger partial charge on any atom is -0.497 e. The quantitative estimate of drug-likeness (QED) is 0.573. The van der Waals surface area contributed by atoms with Gasteiger partial charge in [0.1, 0.15) is 18.5 Å². The summed E-state index contributed by atoms with van der Waals surface area (Å²) in [5.41, 5.74) is 2.21. The summed E-state index contributed by atoms with van der Waals surface area (Å²) in [4.78, 5) is 27.1. The molecule has 0 radical (unpaired) electrons. The van der Waals surface area contributed by atoms with Crippen molar-refractivity contribution in [3.63, 3.8) is 0 Å². The second-order valence-electron chi connectivity index (χ2n) is 7.45. The first-order valence-electron chi connectivity index (χ1n) is 10.2. The average molecular weight is 453 g/mol. The maximum atomic E-state index is 12.6. The molecule has 0 bridgehead atoms. The van der Waals surface area contributed by atoms with Crippen molar-refractivity contribution in [1.82, 2.24) is 4.90 Å². The molecular weight excluding hydrogens is 428 g/mol. The Bertz CT molecular complexity index is 1050. The Labute approximate surface area is 190 Å². The Morgan fingerprint density at radius 1 is 1.22 bits per heavy atom. The third-order valence-electron chi connectivity index (χ3n) is 5.37. The van der Waals surface area contributed by atoms with E-state index in [1.165, 1.54) is 11.3 Å². The molecule has 1 aliphatic rings. The molecule has 2 aromatic carbocycles. The van der Waals surface area contributed by atoms with Gasteiger partial charge in [-0.25, -0.2) is 0 Å². The summed E-state index contributed by atoms with van der Waals surface area (Å²) in [5, 5.41) is 15.7. The third-order valence-corrected chi connectivity index (χ3v) is 6.23. The van der Waals surface area contributed by atoms with Gasteiger partial charge in [0.15, 0.2) is 0 Å². The number of aliphatic hydroxyl groups is 1. The van der Waals surface area contributed by atoms with Gasteiger partial charge in [-0.3, -0.25) is 9.59 Å². The van der Waals surface area contributed by atoms with Gasteiger partial charge in [-0.2, -0.15) is 0 Å². The van der Waals surface area contributed by atoms with E-state index in [-0.39, 0.29) is 25.0 Å². The van der Waals surface area contributed by atoms with Crippen LogP contribution in [0.5, 0.6) is 5.75 Å². The van der Waals surface area contributed by atoms with E-state index in [0.717, 1.165) is 11.3 Å². The van der Waals surface area contributed by atoms with Crippen molar-refractivity contribution in [3.8, 4) is 5.75 Å². The molecule has 8 heteroatoms. The molecule has 2 N–H and O–H groups in total. The van der Waals surface area contributed by atoms with E-state index in [1.807, 2.05) is 35.7 Å². The van der Waals surface area contributed by atoms with Crippen LogP contribution in [0.15, 0.2) is 66.0 Å². The summed E-state index contributed by atoms with van der Waals surface area (Å²) in [7, 11) is 1.60. The lowest BCUT2D eigenvalue weighted by molar-refractivity contribution is -0.155. The van der Waals surface area contributed by atoms with Gasteiger partial charge in [-0.05, 0) is 46.8 Å². The Balaban J connectivity index is 1.46. The van der Waals surface area contributed by atoms with Crippen LogP contribution in [0.25, 0.3) is 0 Å². The molecule has 3 aromatic rings. The lowest BCUT2D eigenvalue weighted by atomic mass is 9.99. The van der Waals surface area contributed by atoms with Crippen molar-refractivity contribution >= 4 is 28.8 Å². The van der Waals surface area contributed by atoms with Gasteiger partial charge in [0.05, 0.1) is 24.6 Å². The predicted octanol–water partition coefficient (Wildman–Crippen LogP) is 3.47. The fourth-order valence-electron chi connectivity index (χ4n) is 3.61. The van der Waals surface area contributed by atoms with Crippen molar-refractivity contribution in [3.05, 3.63) is 82.0 Å². The zero-order valence-electron chi connectivity index (χ0n) is 17.6. The highest BCUT2D eigenvalue weighted by molar-refractivity contribution is 7.12. The first-order chi connectivity index (χ1) is 15.5. The van der Waals surface area contributed by atoms with Crippen LogP contribution in [-0.2, 0) is 16.1 Å². The second-order valence-corrected chi connectivity index (χ2v) is 8.40. The van der Waals surface area contributed by atoms with E-state index in [0.29, 0.717) is 22.7 Å². The molecule has 1 saturated heterocycles. The maximum Gasteiger partial charge on any atom is 0.265 e. The first kappa shape index (κ1) is 22.0. The molecule has 0 spiro atoms. The van der Waals surface area contributed by atoms with Crippen LogP contribution in [0.1, 0.15) is 26.9 Å². The number of amides is 2. The summed E-state index contributed by atoms with van der Waals surface area (Å²) in [6.07, 6.45) is -0.931. The number of carbonyl (C=O) groups excluding carboxylic acids is 2. The number of aliphatic hydroxyl groups excluding tert-OH is 1. The zero-order chi connectivity index (χ0) is 22.5. The standard InChI is InChI=1S/C24H24N2O5S/c1-30-19-10-4-16(5-11-19)13-26-20(14-31-15-22(26)27)23(28)17-6-8-18(9-7-17)25-24(29)21-3-2-12-32-21/h2-12,20,23,28H,13-15H2,1H3,(H,25,29)/t20-,23-/m1/s1. The van der Waals surface area contributed by atoms with Crippen LogP contribution >= 0.6 is 11.3 Å². The molecule has 1 fully saturated rings. The van der Waals surface area contributed by atoms with Gasteiger partial charge in [0, 0.05) is 12.2 Å². The molecule has 2 amide bonds. The zero-order valence-corrected chi connectivity index (χ0v) is 18.4. The van der Waals surface area contributed by atoms with Gasteiger partial charge in [0.2, 0.25) is 5.91 Å². The van der Waals surface area contributed by atoms with E-state index >= 15 is 0 Å². The lowest BCUT2D eigenvalue weighted by Crippen LogP contribution is -2.51. The van der Waals surface area contributed by atoms with Crippen LogP contribution in [-0.4, -0.2) is 48.2 Å². The summed E-state index contributed by atoms with van der Waals surface area (Å²) < 4.78 is 10.6. The van der Waals surface area contributed by atoms with Crippen LogP contribution in [0.2, 0.25) is 0 Å². The fourth-order valence-corrected chi connectivity index (χ4v) is 4.22. The van der Waals surface area contributed by atoms with E-state index in [2.05, 4.69) is 5.32 Å². The van der Waals surface area contributed by atoms with Crippen LogP contribution in [0.4, 0.5) is 5.69 Å². The predicted molar refractivity (Wildman–Crippen MR) is 122 cm³/mol. The number of ether oxygens (including phenoxy) is 2. The summed E-state index contributed by atoms with van der Waals surface area (Å²) >= 11 is 1.37. The smallest absolute Gasteiger partial charge is 0.265 e. The Morgan fingerprint density at radius 3 is 2.62 bits per heavy atom. The van der Waals surface area contributed by atoms with Crippen LogP contribution in [0.3, 0.4) is 0 Å². The molecule has 0 saturated carbocycles. The molecular formula is C24H24N2O5S.